The van der Waals surface area contributed by atoms with Gasteiger partial charge in [0.2, 0.25) is 0 Å². The second-order valence-corrected chi connectivity index (χ2v) is 3.75. The van der Waals surface area contributed by atoms with Crippen LogP contribution in [-0.2, 0) is 0 Å². The van der Waals surface area contributed by atoms with Crippen molar-refractivity contribution in [2.75, 3.05) is 0 Å². The van der Waals surface area contributed by atoms with Crippen LogP contribution in [0.5, 0.6) is 0 Å². The molecule has 1 N–H and O–H groups in total. The van der Waals surface area contributed by atoms with Crippen molar-refractivity contribution in [1.29, 1.82) is 0 Å². The first-order valence-electron chi connectivity index (χ1n) is 5.20. The molecule has 1 aliphatic rings. The molecule has 1 aliphatic carbocycles. The molecule has 0 aromatic rings. The molecule has 13 heavy (non-hydrogen) atoms. The highest BCUT2D eigenvalue weighted by molar-refractivity contribution is 5.86. The molecule has 0 heterocycles. The maximum Gasteiger partial charge on any atom is 0.0601 e. The molecule has 1 fully saturated rings. The third-order valence-corrected chi connectivity index (χ3v) is 2.80. The Hall–Kier alpha value is -0.790. The summed E-state index contributed by atoms with van der Waals surface area (Å²) in [6.45, 7) is 3.72. The fourth-order valence-corrected chi connectivity index (χ4v) is 2.01. The maximum absolute atomic E-state index is 8.85. The predicted molar refractivity (Wildman–Crippen MR) is 55.2 cm³/mol. The number of allylic oxidation sites excluding steroid dienone is 1. The fourth-order valence-electron chi connectivity index (χ4n) is 2.01. The van der Waals surface area contributed by atoms with E-state index in [0.29, 0.717) is 5.92 Å². The van der Waals surface area contributed by atoms with E-state index >= 15 is 0 Å². The Kier molecular flexibility index (Phi) is 4.58. The van der Waals surface area contributed by atoms with E-state index in [0.717, 1.165) is 25.0 Å². The lowest BCUT2D eigenvalue weighted by Crippen LogP contribution is -2.12. The van der Waals surface area contributed by atoms with E-state index in [-0.39, 0.29) is 0 Å². The first kappa shape index (κ1) is 10.3. The molecular formula is C11H19NO. The lowest BCUT2D eigenvalue weighted by molar-refractivity contribution is 0.312. The zero-order valence-corrected chi connectivity index (χ0v) is 8.21. The van der Waals surface area contributed by atoms with Crippen molar-refractivity contribution in [3.05, 3.63) is 12.7 Å². The zero-order chi connectivity index (χ0) is 9.52. The van der Waals surface area contributed by atoms with Gasteiger partial charge in [-0.05, 0) is 32.1 Å². The second kappa shape index (κ2) is 5.79. The van der Waals surface area contributed by atoms with Crippen LogP contribution in [-0.4, -0.2) is 10.9 Å². The number of nitrogens with zero attached hydrogens (tertiary/aromatic N) is 1. The van der Waals surface area contributed by atoms with Crippen molar-refractivity contribution >= 4 is 5.71 Å². The van der Waals surface area contributed by atoms with Crippen molar-refractivity contribution in [3.63, 3.8) is 0 Å². The van der Waals surface area contributed by atoms with Crippen LogP contribution in [0.1, 0.15) is 44.9 Å². The molecule has 2 heteroatoms. The van der Waals surface area contributed by atoms with E-state index in [4.69, 9.17) is 5.21 Å². The predicted octanol–water partition coefficient (Wildman–Crippen LogP) is 3.36. The van der Waals surface area contributed by atoms with Gasteiger partial charge >= 0.3 is 0 Å². The quantitative estimate of drug-likeness (QED) is 0.308. The van der Waals surface area contributed by atoms with Crippen LogP contribution in [0.3, 0.4) is 0 Å². The summed E-state index contributed by atoms with van der Waals surface area (Å²) in [5.41, 5.74) is 1.01. The molecule has 2 nitrogen and oxygen atoms in total. The van der Waals surface area contributed by atoms with Gasteiger partial charge in [0.25, 0.3) is 0 Å². The number of rotatable bonds is 3. The first-order valence-corrected chi connectivity index (χ1v) is 5.20. The molecule has 0 saturated heterocycles. The molecule has 0 aromatic carbocycles. The summed E-state index contributed by atoms with van der Waals surface area (Å²) in [6, 6.07) is 0. The summed E-state index contributed by atoms with van der Waals surface area (Å²) in [5.74, 6) is 0.505. The van der Waals surface area contributed by atoms with Crippen LogP contribution in [0.2, 0.25) is 0 Å². The number of hydrogen-bond donors (Lipinski definition) is 1. The Balaban J connectivity index is 2.49. The minimum absolute atomic E-state index is 0.505. The van der Waals surface area contributed by atoms with E-state index in [1.54, 1.807) is 0 Å². The van der Waals surface area contributed by atoms with Gasteiger partial charge in [-0.2, -0.15) is 0 Å². The molecule has 0 bridgehead atoms. The molecule has 0 radical (unpaired) electrons. The SMILES string of the molecule is C=CCCC1CCCCC/C1=N/O. The molecule has 1 saturated carbocycles. The molecule has 74 valence electrons. The smallest absolute Gasteiger partial charge is 0.0601 e. The second-order valence-electron chi connectivity index (χ2n) is 3.75. The average molecular weight is 181 g/mol. The van der Waals surface area contributed by atoms with E-state index in [1.165, 1.54) is 25.7 Å². The fraction of sp³-hybridized carbons (Fsp3) is 0.727. The lowest BCUT2D eigenvalue weighted by Gasteiger charge is -2.13. The Morgan fingerprint density at radius 2 is 2.31 bits per heavy atom. The minimum Gasteiger partial charge on any atom is -0.411 e. The van der Waals surface area contributed by atoms with Gasteiger partial charge in [-0.1, -0.05) is 24.1 Å². The first-order chi connectivity index (χ1) is 6.38. The van der Waals surface area contributed by atoms with Gasteiger partial charge in [0.05, 0.1) is 5.71 Å². The summed E-state index contributed by atoms with van der Waals surface area (Å²) < 4.78 is 0. The van der Waals surface area contributed by atoms with Gasteiger partial charge in [0.1, 0.15) is 0 Å². The van der Waals surface area contributed by atoms with Crippen molar-refractivity contribution in [2.24, 2.45) is 11.1 Å². The van der Waals surface area contributed by atoms with Gasteiger partial charge in [-0.3, -0.25) is 0 Å². The van der Waals surface area contributed by atoms with Crippen LogP contribution in [0.15, 0.2) is 17.8 Å². The van der Waals surface area contributed by atoms with Gasteiger partial charge in [0.15, 0.2) is 0 Å². The van der Waals surface area contributed by atoms with Gasteiger partial charge in [-0.25, -0.2) is 0 Å². The van der Waals surface area contributed by atoms with Crippen molar-refractivity contribution < 1.29 is 5.21 Å². The average Bonchev–Trinajstić information content (AvgIpc) is 2.39. The molecule has 0 amide bonds. The maximum atomic E-state index is 8.85. The van der Waals surface area contributed by atoms with E-state index in [2.05, 4.69) is 11.7 Å². The Labute approximate surface area is 80.3 Å². The Morgan fingerprint density at radius 1 is 1.46 bits per heavy atom. The van der Waals surface area contributed by atoms with E-state index < -0.39 is 0 Å². The molecule has 0 aromatic heterocycles. The number of hydrogen-bond acceptors (Lipinski definition) is 2. The Bertz CT molecular complexity index is 187. The van der Waals surface area contributed by atoms with Gasteiger partial charge in [-0.15, -0.1) is 6.58 Å². The Morgan fingerprint density at radius 3 is 3.00 bits per heavy atom. The van der Waals surface area contributed by atoms with Crippen LogP contribution in [0.25, 0.3) is 0 Å². The topological polar surface area (TPSA) is 32.6 Å². The number of oxime groups is 1. The lowest BCUT2D eigenvalue weighted by atomic mass is 9.93. The largest absolute Gasteiger partial charge is 0.411 e. The van der Waals surface area contributed by atoms with Gasteiger partial charge in [0, 0.05) is 5.92 Å². The standard InChI is InChI=1S/C11H19NO/c1-2-3-7-10-8-5-4-6-9-11(10)12-13/h2,10,13H,1,3-9H2/b12-11-. The molecule has 1 rings (SSSR count). The van der Waals surface area contributed by atoms with Crippen molar-refractivity contribution in [3.8, 4) is 0 Å². The van der Waals surface area contributed by atoms with Crippen LogP contribution in [0.4, 0.5) is 0 Å². The highest BCUT2D eigenvalue weighted by Gasteiger charge is 2.18. The molecule has 1 atom stereocenters. The van der Waals surface area contributed by atoms with Gasteiger partial charge < -0.3 is 5.21 Å². The summed E-state index contributed by atoms with van der Waals surface area (Å²) in [7, 11) is 0. The summed E-state index contributed by atoms with van der Waals surface area (Å²) in [4.78, 5) is 0. The third kappa shape index (κ3) is 3.21. The summed E-state index contributed by atoms with van der Waals surface area (Å²) >= 11 is 0. The highest BCUT2D eigenvalue weighted by Crippen LogP contribution is 2.24. The van der Waals surface area contributed by atoms with Crippen LogP contribution in [0, 0.1) is 5.92 Å². The minimum atomic E-state index is 0.505. The van der Waals surface area contributed by atoms with Crippen molar-refractivity contribution in [2.45, 2.75) is 44.9 Å². The van der Waals surface area contributed by atoms with E-state index in [9.17, 15) is 0 Å². The van der Waals surface area contributed by atoms with Crippen LogP contribution < -0.4 is 0 Å². The summed E-state index contributed by atoms with van der Waals surface area (Å²) in [6.07, 6.45) is 9.99. The highest BCUT2D eigenvalue weighted by atomic mass is 16.4. The molecule has 0 aliphatic heterocycles. The van der Waals surface area contributed by atoms with Crippen LogP contribution >= 0.6 is 0 Å². The monoisotopic (exact) mass is 181 g/mol. The normalized spacial score (nSPS) is 27.1. The molecule has 0 spiro atoms. The van der Waals surface area contributed by atoms with Crippen molar-refractivity contribution in [1.82, 2.24) is 0 Å². The zero-order valence-electron chi connectivity index (χ0n) is 8.21. The third-order valence-electron chi connectivity index (χ3n) is 2.80. The van der Waals surface area contributed by atoms with E-state index in [1.807, 2.05) is 6.08 Å². The summed E-state index contributed by atoms with van der Waals surface area (Å²) in [5, 5.41) is 12.3. The molecule has 1 unspecified atom stereocenters. The molecular weight excluding hydrogens is 162 g/mol.